The minimum Gasteiger partial charge on any atom is -0.497 e. The van der Waals surface area contributed by atoms with Crippen molar-refractivity contribution in [3.63, 3.8) is 0 Å². The van der Waals surface area contributed by atoms with E-state index >= 15 is 0 Å². The van der Waals surface area contributed by atoms with Crippen LogP contribution in [-0.2, 0) is 21.3 Å². The molecule has 0 aromatic heterocycles. The highest BCUT2D eigenvalue weighted by molar-refractivity contribution is 7.92. The largest absolute Gasteiger partial charge is 0.497 e. The minimum absolute atomic E-state index is 0.0455. The summed E-state index contributed by atoms with van der Waals surface area (Å²) in [6.45, 7) is 7.53. The number of benzene rings is 3. The van der Waals surface area contributed by atoms with Gasteiger partial charge < -0.3 is 24.2 Å². The van der Waals surface area contributed by atoms with Crippen LogP contribution in [0.4, 0.5) is 5.69 Å². The van der Waals surface area contributed by atoms with Crippen LogP contribution in [0.3, 0.4) is 0 Å². The Hall–Kier alpha value is -3.06. The summed E-state index contributed by atoms with van der Waals surface area (Å²) in [7, 11) is -0.467. The molecule has 13 heteroatoms. The number of hydrogen-bond donors (Lipinski definition) is 2. The van der Waals surface area contributed by atoms with E-state index in [9.17, 15) is 18.3 Å². The Balaban J connectivity index is 1.63. The number of carbonyl (C=O) groups is 1. The summed E-state index contributed by atoms with van der Waals surface area (Å²) in [4.78, 5) is 18.2. The van der Waals surface area contributed by atoms with E-state index in [1.165, 1.54) is 25.3 Å². The van der Waals surface area contributed by atoms with Crippen LogP contribution in [0.1, 0.15) is 56.0 Å². The maximum atomic E-state index is 14.4. The molecule has 1 amide bonds. The van der Waals surface area contributed by atoms with Crippen molar-refractivity contribution in [1.82, 2.24) is 9.80 Å². The molecule has 0 spiro atoms. The average Bonchev–Trinajstić information content (AvgIpc) is 3.07. The number of nitrogens with one attached hydrogen (secondary N) is 1. The Morgan fingerprint density at radius 1 is 1.06 bits per heavy atom. The van der Waals surface area contributed by atoms with Crippen LogP contribution in [-0.4, -0.2) is 87.9 Å². The number of fused-ring (bicyclic) bond motifs is 1. The van der Waals surface area contributed by atoms with Crippen LogP contribution >= 0.6 is 23.2 Å². The van der Waals surface area contributed by atoms with Crippen LogP contribution in [0, 0.1) is 5.92 Å². The minimum atomic E-state index is -3.98. The van der Waals surface area contributed by atoms with E-state index in [1.807, 2.05) is 33.0 Å². The van der Waals surface area contributed by atoms with Gasteiger partial charge in [-0.15, -0.1) is 0 Å². The molecule has 10 nitrogen and oxygen atoms in total. The van der Waals surface area contributed by atoms with Crippen LogP contribution in [0.5, 0.6) is 11.5 Å². The number of amides is 1. The van der Waals surface area contributed by atoms with Crippen molar-refractivity contribution in [3.8, 4) is 11.5 Å². The molecule has 0 saturated carbocycles. The predicted octanol–water partition coefficient (Wildman–Crippen LogP) is 6.73. The SMILES string of the molecule is COc1ccc(S(=O)(=O)Nc2ccc3c(c2)C(=O)N([C@@H](C)CO)C[C@H](C)[C@@H](CN(C)Cc2ccc(Cl)c(Cl)c2)OCCCC[C@@H](C)O3)cc1. The lowest BCUT2D eigenvalue weighted by Crippen LogP contribution is -2.47. The van der Waals surface area contributed by atoms with Crippen molar-refractivity contribution in [2.45, 2.75) is 69.7 Å². The van der Waals surface area contributed by atoms with Crippen LogP contribution in [0.25, 0.3) is 0 Å². The Bertz CT molecular complexity index is 1660. The topological polar surface area (TPSA) is 118 Å². The number of halogens is 2. The first-order valence-corrected chi connectivity index (χ1v) is 18.7. The first-order valence-electron chi connectivity index (χ1n) is 16.4. The molecule has 3 aromatic rings. The Morgan fingerprint density at radius 2 is 1.80 bits per heavy atom. The van der Waals surface area contributed by atoms with Crippen molar-refractivity contribution >= 4 is 44.8 Å². The van der Waals surface area contributed by atoms with Crippen molar-refractivity contribution in [2.24, 2.45) is 5.92 Å². The number of ether oxygens (including phenoxy) is 3. The van der Waals surface area contributed by atoms with Crippen molar-refractivity contribution < 1.29 is 32.5 Å². The molecule has 1 aliphatic heterocycles. The van der Waals surface area contributed by atoms with Gasteiger partial charge in [-0.1, -0.05) is 36.2 Å². The molecule has 0 saturated heterocycles. The molecule has 0 radical (unpaired) electrons. The van der Waals surface area contributed by atoms with E-state index < -0.39 is 16.1 Å². The molecular formula is C36H47Cl2N3O7S. The maximum Gasteiger partial charge on any atom is 0.261 e. The molecule has 4 atom stereocenters. The van der Waals surface area contributed by atoms with Crippen LogP contribution in [0.2, 0.25) is 10.0 Å². The van der Waals surface area contributed by atoms with Gasteiger partial charge in [0.15, 0.2) is 0 Å². The molecule has 0 bridgehead atoms. The van der Waals surface area contributed by atoms with E-state index in [0.29, 0.717) is 41.2 Å². The van der Waals surface area contributed by atoms with E-state index in [0.717, 1.165) is 24.8 Å². The van der Waals surface area contributed by atoms with E-state index in [-0.39, 0.29) is 53.3 Å². The van der Waals surface area contributed by atoms with Gasteiger partial charge in [0.2, 0.25) is 0 Å². The number of hydrogen-bond acceptors (Lipinski definition) is 8. The quantitative estimate of drug-likeness (QED) is 0.236. The molecule has 268 valence electrons. The molecule has 1 heterocycles. The van der Waals surface area contributed by atoms with Crippen molar-refractivity contribution in [1.29, 1.82) is 0 Å². The molecule has 1 aliphatic rings. The molecule has 0 aliphatic carbocycles. The lowest BCUT2D eigenvalue weighted by atomic mass is 10.0. The highest BCUT2D eigenvalue weighted by Crippen LogP contribution is 2.30. The van der Waals surface area contributed by atoms with Gasteiger partial charge in [0.25, 0.3) is 15.9 Å². The van der Waals surface area contributed by atoms with E-state index in [2.05, 4.69) is 9.62 Å². The Kier molecular flexibility index (Phi) is 14.0. The van der Waals surface area contributed by atoms with Gasteiger partial charge in [-0.2, -0.15) is 0 Å². The summed E-state index contributed by atoms with van der Waals surface area (Å²) in [5, 5.41) is 11.3. The first-order chi connectivity index (χ1) is 23.3. The van der Waals surface area contributed by atoms with E-state index in [4.69, 9.17) is 37.4 Å². The number of sulfonamides is 1. The van der Waals surface area contributed by atoms with Gasteiger partial charge in [-0.05, 0) is 100 Å². The number of aliphatic hydroxyl groups excluding tert-OH is 1. The summed E-state index contributed by atoms with van der Waals surface area (Å²) < 4.78 is 47.0. The second-order valence-electron chi connectivity index (χ2n) is 12.7. The third kappa shape index (κ3) is 10.7. The monoisotopic (exact) mass is 735 g/mol. The fourth-order valence-corrected chi connectivity index (χ4v) is 7.11. The van der Waals surface area contributed by atoms with Gasteiger partial charge >= 0.3 is 0 Å². The van der Waals surface area contributed by atoms with Gasteiger partial charge in [-0.3, -0.25) is 14.4 Å². The average molecular weight is 737 g/mol. The summed E-state index contributed by atoms with van der Waals surface area (Å²) in [5.74, 6) is 0.359. The number of likely N-dealkylation sites (N-methyl/N-ethyl adjacent to an activating group) is 1. The molecule has 4 rings (SSSR count). The van der Waals surface area contributed by atoms with Gasteiger partial charge in [0.05, 0.1) is 52.5 Å². The molecule has 0 unspecified atom stereocenters. The number of nitrogens with zero attached hydrogens (tertiary/aromatic N) is 2. The maximum absolute atomic E-state index is 14.4. The number of methoxy groups -OCH3 is 1. The molecule has 0 fully saturated rings. The van der Waals surface area contributed by atoms with E-state index in [1.54, 1.807) is 42.2 Å². The summed E-state index contributed by atoms with van der Waals surface area (Å²) >= 11 is 12.4. The highest BCUT2D eigenvalue weighted by atomic mass is 35.5. The number of carbonyl (C=O) groups excluding carboxylic acids is 1. The molecule has 2 N–H and O–H groups in total. The summed E-state index contributed by atoms with van der Waals surface area (Å²) in [6, 6.07) is 15.8. The van der Waals surface area contributed by atoms with Gasteiger partial charge in [0.1, 0.15) is 11.5 Å². The Morgan fingerprint density at radius 3 is 2.47 bits per heavy atom. The lowest BCUT2D eigenvalue weighted by Gasteiger charge is -2.36. The third-order valence-corrected chi connectivity index (χ3v) is 10.7. The normalized spacial score (nSPS) is 20.2. The van der Waals surface area contributed by atoms with Crippen LogP contribution in [0.15, 0.2) is 65.6 Å². The molecule has 49 heavy (non-hydrogen) atoms. The van der Waals surface area contributed by atoms with Crippen molar-refractivity contribution in [2.75, 3.05) is 45.2 Å². The zero-order chi connectivity index (χ0) is 35.7. The highest BCUT2D eigenvalue weighted by Gasteiger charge is 2.31. The van der Waals surface area contributed by atoms with Crippen LogP contribution < -0.4 is 14.2 Å². The number of aliphatic hydroxyl groups is 1. The standard InChI is InChI=1S/C36H47Cl2N3O7S/c1-24-20-41(25(2)23-42)36(43)31-19-28(39-49(44,45)30-13-11-29(46-5)12-14-30)10-16-34(31)48-26(3)8-6-7-17-47-35(24)22-40(4)21-27-9-15-32(37)33(38)18-27/h9-16,18-19,24-26,35,39,42H,6-8,17,20-23H2,1-5H3/t24-,25-,26+,35+/m0/s1. The zero-order valence-electron chi connectivity index (χ0n) is 28.7. The third-order valence-electron chi connectivity index (χ3n) is 8.60. The fourth-order valence-electron chi connectivity index (χ4n) is 5.74. The molecular weight excluding hydrogens is 689 g/mol. The van der Waals surface area contributed by atoms with Gasteiger partial charge in [-0.25, -0.2) is 8.42 Å². The predicted molar refractivity (Wildman–Crippen MR) is 193 cm³/mol. The smallest absolute Gasteiger partial charge is 0.261 e. The first kappa shape index (κ1) is 38.7. The van der Waals surface area contributed by atoms with Crippen molar-refractivity contribution in [3.05, 3.63) is 81.8 Å². The molecule has 3 aromatic carbocycles. The fraction of sp³-hybridized carbons (Fsp3) is 0.472. The second kappa shape index (κ2) is 17.7. The lowest BCUT2D eigenvalue weighted by molar-refractivity contribution is -0.0177. The number of anilines is 1. The number of rotatable bonds is 10. The Labute approximate surface area is 300 Å². The summed E-state index contributed by atoms with van der Waals surface area (Å²) in [6.07, 6.45) is 1.98. The summed E-state index contributed by atoms with van der Waals surface area (Å²) in [5.41, 5.74) is 1.41. The van der Waals surface area contributed by atoms with Gasteiger partial charge in [0, 0.05) is 37.8 Å². The zero-order valence-corrected chi connectivity index (χ0v) is 31.0. The second-order valence-corrected chi connectivity index (χ2v) is 15.2.